The van der Waals surface area contributed by atoms with Gasteiger partial charge < -0.3 is 5.32 Å². The van der Waals surface area contributed by atoms with Crippen LogP contribution in [0, 0.1) is 0 Å². The molecule has 1 fully saturated rings. The third-order valence-electron chi connectivity index (χ3n) is 4.08. The summed E-state index contributed by atoms with van der Waals surface area (Å²) in [7, 11) is -0.436. The van der Waals surface area contributed by atoms with Gasteiger partial charge in [0.15, 0.2) is 0 Å². The average molecular weight is 335 g/mol. The summed E-state index contributed by atoms with van der Waals surface area (Å²) >= 11 is 0. The molecule has 2 heterocycles. The van der Waals surface area contributed by atoms with E-state index in [0.29, 0.717) is 18.4 Å². The Kier molecular flexibility index (Phi) is 4.36. The highest BCUT2D eigenvalue weighted by molar-refractivity contribution is 7.89. The molecule has 3 rings (SSSR count). The molecule has 1 saturated carbocycles. The van der Waals surface area contributed by atoms with E-state index < -0.39 is 10.0 Å². The maximum atomic E-state index is 12.0. The van der Waals surface area contributed by atoms with Crippen LogP contribution in [-0.4, -0.2) is 41.6 Å². The number of sulfonamides is 1. The van der Waals surface area contributed by atoms with Crippen molar-refractivity contribution in [1.29, 1.82) is 0 Å². The number of rotatable bonds is 6. The molecular weight excluding hydrogens is 314 g/mol. The van der Waals surface area contributed by atoms with Gasteiger partial charge in [-0.25, -0.2) is 17.7 Å². The average Bonchev–Trinajstić information content (AvgIpc) is 2.92. The van der Waals surface area contributed by atoms with Crippen molar-refractivity contribution in [2.45, 2.75) is 36.7 Å². The van der Waals surface area contributed by atoms with E-state index in [1.807, 2.05) is 16.9 Å². The van der Waals surface area contributed by atoms with Crippen LogP contribution in [0.3, 0.4) is 0 Å². The van der Waals surface area contributed by atoms with Crippen molar-refractivity contribution in [2.75, 3.05) is 19.4 Å². The first-order chi connectivity index (χ1) is 11.0. The van der Waals surface area contributed by atoms with Crippen LogP contribution < -0.4 is 5.32 Å². The van der Waals surface area contributed by atoms with Gasteiger partial charge in [-0.05, 0) is 37.5 Å². The van der Waals surface area contributed by atoms with Crippen LogP contribution in [0.4, 0.5) is 5.82 Å². The lowest BCUT2D eigenvalue weighted by atomic mass is 9.93. The van der Waals surface area contributed by atoms with Gasteiger partial charge in [0.25, 0.3) is 0 Å². The molecule has 0 radical (unpaired) electrons. The highest BCUT2D eigenvalue weighted by Gasteiger charge is 2.20. The lowest BCUT2D eigenvalue weighted by molar-refractivity contribution is 0.288. The molecule has 8 heteroatoms. The first kappa shape index (κ1) is 15.9. The number of pyridine rings is 1. The van der Waals surface area contributed by atoms with Crippen LogP contribution in [0.15, 0.2) is 35.5 Å². The minimum atomic E-state index is -3.44. The van der Waals surface area contributed by atoms with Gasteiger partial charge in [0, 0.05) is 26.5 Å². The molecule has 0 saturated heterocycles. The first-order valence-corrected chi connectivity index (χ1v) is 9.07. The zero-order valence-electron chi connectivity index (χ0n) is 13.3. The summed E-state index contributed by atoms with van der Waals surface area (Å²) in [5, 5.41) is 7.71. The Morgan fingerprint density at radius 2 is 2.09 bits per heavy atom. The third-order valence-corrected chi connectivity index (χ3v) is 5.88. The number of anilines is 1. The van der Waals surface area contributed by atoms with E-state index in [1.165, 1.54) is 43.9 Å². The van der Waals surface area contributed by atoms with Crippen LogP contribution in [0.25, 0.3) is 0 Å². The molecule has 7 nitrogen and oxygen atoms in total. The Morgan fingerprint density at radius 1 is 1.30 bits per heavy atom. The first-order valence-electron chi connectivity index (χ1n) is 7.63. The number of nitrogens with one attached hydrogen (secondary N) is 1. The molecule has 1 aliphatic rings. The quantitative estimate of drug-likeness (QED) is 0.871. The lowest BCUT2D eigenvalue weighted by Gasteiger charge is -2.25. The van der Waals surface area contributed by atoms with Crippen LogP contribution in [0.2, 0.25) is 0 Å². The molecule has 0 unspecified atom stereocenters. The minimum absolute atomic E-state index is 0.183. The highest BCUT2D eigenvalue weighted by atomic mass is 32.2. The predicted octanol–water partition coefficient (Wildman–Crippen LogP) is 1.87. The van der Waals surface area contributed by atoms with Crippen molar-refractivity contribution in [2.24, 2.45) is 0 Å². The normalized spacial score (nSPS) is 15.6. The fraction of sp³-hybridized carbons (Fsp3) is 0.467. The topological polar surface area (TPSA) is 80.1 Å². The van der Waals surface area contributed by atoms with Gasteiger partial charge in [-0.2, -0.15) is 5.10 Å². The number of hydrogen-bond donors (Lipinski definition) is 1. The summed E-state index contributed by atoms with van der Waals surface area (Å²) in [5.74, 6) is 0.626. The molecular formula is C15H21N5O2S. The fourth-order valence-electron chi connectivity index (χ4n) is 2.36. The summed E-state index contributed by atoms with van der Waals surface area (Å²) in [6.45, 7) is 0.562. The molecule has 0 aromatic carbocycles. The van der Waals surface area contributed by atoms with Crippen LogP contribution in [0.5, 0.6) is 0 Å². The van der Waals surface area contributed by atoms with Gasteiger partial charge in [-0.3, -0.25) is 4.68 Å². The van der Waals surface area contributed by atoms with E-state index in [0.717, 1.165) is 5.69 Å². The lowest BCUT2D eigenvalue weighted by Crippen LogP contribution is -2.22. The van der Waals surface area contributed by atoms with Gasteiger partial charge >= 0.3 is 0 Å². The second-order valence-corrected chi connectivity index (χ2v) is 8.04. The van der Waals surface area contributed by atoms with E-state index in [4.69, 9.17) is 0 Å². The molecule has 0 spiro atoms. The van der Waals surface area contributed by atoms with E-state index in [1.54, 1.807) is 12.1 Å². The molecule has 0 aliphatic heterocycles. The van der Waals surface area contributed by atoms with Crippen molar-refractivity contribution in [3.8, 4) is 0 Å². The molecule has 124 valence electrons. The standard InChI is InChI=1S/C15H21N5O2S/c1-19(2)23(21,22)14-6-7-15(17-11-14)16-10-12-8-9-20(18-12)13-4-3-5-13/h6-9,11,13H,3-5,10H2,1-2H3,(H,16,17). The molecule has 2 aromatic heterocycles. The number of hydrogen-bond acceptors (Lipinski definition) is 5. The van der Waals surface area contributed by atoms with Gasteiger partial charge in [0.2, 0.25) is 10.0 Å². The number of nitrogens with zero attached hydrogens (tertiary/aromatic N) is 4. The maximum Gasteiger partial charge on any atom is 0.244 e. The second-order valence-electron chi connectivity index (χ2n) is 5.89. The van der Waals surface area contributed by atoms with E-state index in [2.05, 4.69) is 15.4 Å². The van der Waals surface area contributed by atoms with Crippen molar-refractivity contribution in [3.63, 3.8) is 0 Å². The smallest absolute Gasteiger partial charge is 0.244 e. The SMILES string of the molecule is CN(C)S(=O)(=O)c1ccc(NCc2ccn(C3CCC3)n2)nc1. The minimum Gasteiger partial charge on any atom is -0.364 e. The monoisotopic (exact) mass is 335 g/mol. The van der Waals surface area contributed by atoms with Gasteiger partial charge in [-0.1, -0.05) is 0 Å². The zero-order chi connectivity index (χ0) is 16.4. The van der Waals surface area contributed by atoms with Crippen LogP contribution in [-0.2, 0) is 16.6 Å². The molecule has 0 atom stereocenters. The zero-order valence-corrected chi connectivity index (χ0v) is 14.1. The van der Waals surface area contributed by atoms with E-state index in [-0.39, 0.29) is 4.90 Å². The summed E-state index contributed by atoms with van der Waals surface area (Å²) in [4.78, 5) is 4.34. The predicted molar refractivity (Wildman–Crippen MR) is 87.6 cm³/mol. The Balaban J connectivity index is 1.61. The van der Waals surface area contributed by atoms with Gasteiger partial charge in [-0.15, -0.1) is 0 Å². The van der Waals surface area contributed by atoms with E-state index in [9.17, 15) is 8.42 Å². The Bertz CT molecular complexity index is 763. The molecule has 0 bridgehead atoms. The summed E-state index contributed by atoms with van der Waals surface area (Å²) in [6.07, 6.45) is 7.08. The Labute approximate surface area is 136 Å². The largest absolute Gasteiger partial charge is 0.364 e. The molecule has 0 amide bonds. The van der Waals surface area contributed by atoms with Crippen molar-refractivity contribution < 1.29 is 8.42 Å². The molecule has 1 aliphatic carbocycles. The molecule has 2 aromatic rings. The van der Waals surface area contributed by atoms with Crippen molar-refractivity contribution in [1.82, 2.24) is 19.1 Å². The molecule has 23 heavy (non-hydrogen) atoms. The Hall–Kier alpha value is -1.93. The maximum absolute atomic E-state index is 12.0. The van der Waals surface area contributed by atoms with Crippen LogP contribution in [0.1, 0.15) is 31.0 Å². The van der Waals surface area contributed by atoms with Crippen LogP contribution >= 0.6 is 0 Å². The fourth-order valence-corrected chi connectivity index (χ4v) is 3.20. The number of aromatic nitrogens is 3. The van der Waals surface area contributed by atoms with Gasteiger partial charge in [0.1, 0.15) is 10.7 Å². The van der Waals surface area contributed by atoms with Crippen molar-refractivity contribution >= 4 is 15.8 Å². The third kappa shape index (κ3) is 3.37. The van der Waals surface area contributed by atoms with Gasteiger partial charge in [0.05, 0.1) is 18.3 Å². The highest BCUT2D eigenvalue weighted by Crippen LogP contribution is 2.30. The summed E-state index contributed by atoms with van der Waals surface area (Å²) in [5.41, 5.74) is 0.948. The van der Waals surface area contributed by atoms with Crippen molar-refractivity contribution in [3.05, 3.63) is 36.3 Å². The second kappa shape index (κ2) is 6.29. The summed E-state index contributed by atoms with van der Waals surface area (Å²) < 4.78 is 27.2. The summed E-state index contributed by atoms with van der Waals surface area (Å²) in [6, 6.07) is 5.77. The molecule has 1 N–H and O–H groups in total. The van der Waals surface area contributed by atoms with E-state index >= 15 is 0 Å². The Morgan fingerprint density at radius 3 is 2.65 bits per heavy atom.